The summed E-state index contributed by atoms with van der Waals surface area (Å²) in [4.78, 5) is 39.3. The van der Waals surface area contributed by atoms with Gasteiger partial charge in [-0.2, -0.15) is 0 Å². The van der Waals surface area contributed by atoms with Crippen LogP contribution in [0.5, 0.6) is 0 Å². The summed E-state index contributed by atoms with van der Waals surface area (Å²) in [6, 6.07) is 30.4. The Morgan fingerprint density at radius 1 is 0.441 bits per heavy atom. The molecule has 9 aromatic heterocycles. The van der Waals surface area contributed by atoms with Gasteiger partial charge < -0.3 is 69.8 Å². The molecule has 6 aliphatic rings. The van der Waals surface area contributed by atoms with Gasteiger partial charge in [0.1, 0.15) is 93.1 Å². The van der Waals surface area contributed by atoms with Gasteiger partial charge in [-0.25, -0.2) is 44.9 Å². The summed E-state index contributed by atoms with van der Waals surface area (Å²) in [7, 11) is 0. The van der Waals surface area contributed by atoms with Gasteiger partial charge in [0.05, 0.1) is 59.2 Å². The van der Waals surface area contributed by atoms with Gasteiger partial charge in [-0.3, -0.25) is 0 Å². The van der Waals surface area contributed by atoms with Gasteiger partial charge in [-0.1, -0.05) is 71.2 Å². The fourth-order valence-corrected chi connectivity index (χ4v) is 18.0. The van der Waals surface area contributed by atoms with Gasteiger partial charge in [0, 0.05) is 94.1 Å². The highest BCUT2D eigenvalue weighted by atomic mass is 79.9. The predicted octanol–water partition coefficient (Wildman–Crippen LogP) is 10.6. The molecule has 23 nitrogen and oxygen atoms in total. The van der Waals surface area contributed by atoms with E-state index in [0.717, 1.165) is 122 Å². The van der Waals surface area contributed by atoms with Crippen molar-refractivity contribution >= 4 is 148 Å². The summed E-state index contributed by atoms with van der Waals surface area (Å²) in [5, 5.41) is 83.9. The van der Waals surface area contributed by atoms with Crippen LogP contribution in [-0.4, -0.2) is 175 Å². The molecule has 14 heterocycles. The lowest BCUT2D eigenvalue weighted by atomic mass is 9.80. The third kappa shape index (κ3) is 12.7. The van der Waals surface area contributed by atoms with Crippen LogP contribution in [-0.2, 0) is 28.7 Å². The van der Waals surface area contributed by atoms with Crippen molar-refractivity contribution in [2.45, 2.75) is 150 Å². The first-order chi connectivity index (χ1) is 49.0. The molecule has 0 radical (unpaired) electrons. The Bertz CT molecular complexity index is 4750. The largest absolute Gasteiger partial charge is 0.390 e. The fourth-order valence-electron chi connectivity index (χ4n) is 16.5. The lowest BCUT2D eigenvalue weighted by Gasteiger charge is -2.27. The lowest BCUT2D eigenvalue weighted by Crippen LogP contribution is -2.44. The van der Waals surface area contributed by atoms with Crippen molar-refractivity contribution in [3.63, 3.8) is 0 Å². The van der Waals surface area contributed by atoms with E-state index in [9.17, 15) is 30.6 Å². The van der Waals surface area contributed by atoms with Gasteiger partial charge in [0.15, 0.2) is 12.5 Å². The van der Waals surface area contributed by atoms with E-state index in [4.69, 9.17) is 44.3 Å². The summed E-state index contributed by atoms with van der Waals surface area (Å²) < 4.78 is 20.7. The average Bonchev–Trinajstić information content (AvgIpc) is 1.59. The molecule has 528 valence electrons. The average molecular weight is 1630 g/mol. The van der Waals surface area contributed by atoms with Crippen LogP contribution < -0.4 is 16.0 Å². The normalized spacial score (nSPS) is 29.1. The standard InChI is InChI=1S/C25H25BrClN5O2.2C24H23BrClN5O3/c1-13-17-4-5-32(24(17)30-12-29-13)20-10-25(22(34)21(20)33)9-16(28-11-25)6-14-2-3-15-8-18(26)23(27)31-19(15)7-14;2*1-12-16-4-5-31(22(16)29-11-28-12)23-19(32)20(33)24(34-23)9-15(27-10-24)6-13-2-3-14-8-17(25)21(26)30-18(14)7-13/h2-5,7-8,12,16,20-22,28,33-34H,6,9-11H2,1H3;2*2-5,7-8,11,15,19-20,23,27,32-33H,6,9-10H2,1H3. The Kier molecular flexibility index (Phi) is 18.9. The van der Waals surface area contributed by atoms with E-state index in [-0.39, 0.29) is 29.6 Å². The van der Waals surface area contributed by atoms with Crippen LogP contribution in [0.25, 0.3) is 65.8 Å². The highest BCUT2D eigenvalue weighted by Gasteiger charge is 2.60. The van der Waals surface area contributed by atoms with Crippen molar-refractivity contribution in [3.8, 4) is 0 Å². The maximum atomic E-state index is 11.2. The minimum atomic E-state index is -1.07. The zero-order valence-corrected chi connectivity index (χ0v) is 62.3. The highest BCUT2D eigenvalue weighted by Crippen LogP contribution is 2.51. The number of pyridine rings is 3. The van der Waals surface area contributed by atoms with Gasteiger partial charge >= 0.3 is 0 Å². The summed E-state index contributed by atoms with van der Waals surface area (Å²) in [5.41, 5.74) is 8.57. The summed E-state index contributed by atoms with van der Waals surface area (Å²) in [5.74, 6) is 0. The first kappa shape index (κ1) is 70.0. The number of benzene rings is 3. The molecular formula is C73H71Br3Cl3N15O8. The number of aliphatic hydroxyl groups excluding tert-OH is 6. The molecule has 3 aromatic carbocycles. The van der Waals surface area contributed by atoms with Crippen LogP contribution in [0, 0.1) is 26.2 Å². The molecule has 0 amide bonds. The summed E-state index contributed by atoms with van der Waals surface area (Å²) >= 11 is 28.8. The second kappa shape index (κ2) is 27.5. The molecule has 1 aliphatic carbocycles. The van der Waals surface area contributed by atoms with Crippen LogP contribution in [0.1, 0.15) is 78.0 Å². The number of nitrogens with zero attached hydrogens (tertiary/aromatic N) is 12. The number of hydrogen-bond donors (Lipinski definition) is 9. The Morgan fingerprint density at radius 3 is 1.21 bits per heavy atom. The molecule has 29 heteroatoms. The SMILES string of the molecule is Cc1ncnc2c1ccn2C1CC2(CNC(Cc3ccc4cc(Br)c(Cl)nc4c3)C2)C(O)C1O.Cc1ncnc2c1ccn2C1OC2(CNC(Cc3ccc4cc(Br)c(Cl)nc4c3)C2)C(O)C1O.Cc1ncnc2c1ccn2C1OC2(CNC(Cc3ccc4cc(Br)c(Cl)nc4c3)C2)C(O)C1O. The molecule has 102 heavy (non-hydrogen) atoms. The first-order valence-corrected chi connectivity index (χ1v) is 37.3. The molecule has 0 bridgehead atoms. The first-order valence-electron chi connectivity index (χ1n) is 33.8. The molecule has 15 atom stereocenters. The molecule has 5 aliphatic heterocycles. The van der Waals surface area contributed by atoms with Gasteiger partial charge in [0.2, 0.25) is 0 Å². The molecule has 1 saturated carbocycles. The second-order valence-electron chi connectivity index (χ2n) is 28.2. The van der Waals surface area contributed by atoms with Gasteiger partial charge in [0.25, 0.3) is 0 Å². The third-order valence-electron chi connectivity index (χ3n) is 21.8. The molecule has 9 N–H and O–H groups in total. The Hall–Kier alpha value is -6.38. The number of aliphatic hydroxyl groups is 6. The van der Waals surface area contributed by atoms with Crippen LogP contribution in [0.2, 0.25) is 15.5 Å². The number of halogens is 6. The van der Waals surface area contributed by atoms with Crippen molar-refractivity contribution < 1.29 is 40.1 Å². The quantitative estimate of drug-likeness (QED) is 0.0607. The Balaban J connectivity index is 0.000000118. The van der Waals surface area contributed by atoms with Crippen LogP contribution in [0.15, 0.2) is 142 Å². The minimum absolute atomic E-state index is 0.0787. The molecule has 15 unspecified atom stereocenters. The maximum absolute atomic E-state index is 11.2. The van der Waals surface area contributed by atoms with E-state index in [1.165, 1.54) is 18.2 Å². The van der Waals surface area contributed by atoms with Crippen molar-refractivity contribution in [1.29, 1.82) is 0 Å². The fraction of sp³-hybridized carbons (Fsp3) is 0.384. The summed E-state index contributed by atoms with van der Waals surface area (Å²) in [6.07, 6.45) is 7.79. The van der Waals surface area contributed by atoms with Crippen LogP contribution in [0.3, 0.4) is 0 Å². The van der Waals surface area contributed by atoms with E-state index in [1.54, 1.807) is 15.5 Å². The molecule has 18 rings (SSSR count). The van der Waals surface area contributed by atoms with E-state index >= 15 is 0 Å². The number of ether oxygens (including phenoxy) is 2. The van der Waals surface area contributed by atoms with Crippen molar-refractivity contribution in [2.75, 3.05) is 19.6 Å². The molecule has 6 fully saturated rings. The number of aromatic nitrogens is 12. The smallest absolute Gasteiger partial charge is 0.164 e. The number of nitrogens with one attached hydrogen (secondary N) is 3. The third-order valence-corrected chi connectivity index (χ3v) is 25.2. The topological polar surface area (TPSA) is 307 Å². The van der Waals surface area contributed by atoms with Crippen LogP contribution >= 0.6 is 82.6 Å². The van der Waals surface area contributed by atoms with E-state index in [0.29, 0.717) is 65.7 Å². The second-order valence-corrected chi connectivity index (χ2v) is 31.8. The number of hydrogen-bond acceptors (Lipinski definition) is 20. The number of rotatable bonds is 9. The van der Waals surface area contributed by atoms with Crippen LogP contribution in [0.4, 0.5) is 0 Å². The predicted molar refractivity (Wildman–Crippen MR) is 398 cm³/mol. The van der Waals surface area contributed by atoms with Crippen molar-refractivity contribution in [1.82, 2.24) is 74.5 Å². The van der Waals surface area contributed by atoms with Gasteiger partial charge in [-0.15, -0.1) is 0 Å². The monoisotopic (exact) mass is 1630 g/mol. The molecular weight excluding hydrogens is 1560 g/mol. The highest BCUT2D eigenvalue weighted by molar-refractivity contribution is 9.11. The lowest BCUT2D eigenvalue weighted by molar-refractivity contribution is -0.0912. The molecule has 12 aromatic rings. The van der Waals surface area contributed by atoms with Crippen molar-refractivity contribution in [3.05, 3.63) is 191 Å². The van der Waals surface area contributed by atoms with E-state index < -0.39 is 60.3 Å². The number of aryl methyl sites for hydroxylation is 3. The number of fused-ring (bicyclic) bond motifs is 6. The zero-order valence-electron chi connectivity index (χ0n) is 55.3. The van der Waals surface area contributed by atoms with E-state index in [2.05, 4.69) is 139 Å². The molecule has 3 spiro atoms. The van der Waals surface area contributed by atoms with E-state index in [1.807, 2.05) is 105 Å². The zero-order chi connectivity index (χ0) is 70.8. The Morgan fingerprint density at radius 2 is 0.804 bits per heavy atom. The van der Waals surface area contributed by atoms with Gasteiger partial charge in [-0.05, 0) is 185 Å². The van der Waals surface area contributed by atoms with Crippen molar-refractivity contribution in [2.24, 2.45) is 5.41 Å². The summed E-state index contributed by atoms with van der Waals surface area (Å²) in [6.45, 7) is 7.35. The minimum Gasteiger partial charge on any atom is -0.390 e. The Labute approximate surface area is 624 Å². The maximum Gasteiger partial charge on any atom is 0.164 e. The molecule has 5 saturated heterocycles.